The Morgan fingerprint density at radius 1 is 1.48 bits per heavy atom. The summed E-state index contributed by atoms with van der Waals surface area (Å²) in [6, 6.07) is 0. The van der Waals surface area contributed by atoms with Crippen molar-refractivity contribution in [3.05, 3.63) is 6.33 Å². The average Bonchev–Trinajstić information content (AvgIpc) is 2.91. The van der Waals surface area contributed by atoms with Gasteiger partial charge in [-0.15, -0.1) is 10.2 Å². The molecule has 5 atom stereocenters. The number of fused-ring (bicyclic) bond motifs is 1. The monoisotopic (exact) mass is 341 g/mol. The minimum atomic E-state index is -1.61. The van der Waals surface area contributed by atoms with E-state index < -0.39 is 35.2 Å². The third kappa shape index (κ3) is 2.45. The Balaban J connectivity index is 1.89. The van der Waals surface area contributed by atoms with Gasteiger partial charge in [-0.3, -0.25) is 9.59 Å². The van der Waals surface area contributed by atoms with Crippen molar-refractivity contribution in [1.29, 1.82) is 0 Å². The number of amides is 1. The molecular formula is C12H15N5O5S. The molecule has 2 fully saturated rings. The fraction of sp³-hybridized carbons (Fsp3) is 0.583. The van der Waals surface area contributed by atoms with Crippen molar-refractivity contribution < 1.29 is 24.6 Å². The molecule has 1 amide bonds. The van der Waals surface area contributed by atoms with Gasteiger partial charge in [0.1, 0.15) is 11.9 Å². The lowest BCUT2D eigenvalue weighted by Crippen LogP contribution is -2.57. The molecule has 1 heterocycles. The number of hydrogen-bond donors (Lipinski definition) is 5. The highest BCUT2D eigenvalue weighted by atomic mass is 32.2. The molecule has 0 aliphatic heterocycles. The number of carboxylic acids is 2. The van der Waals surface area contributed by atoms with Gasteiger partial charge in [0.2, 0.25) is 5.91 Å². The fourth-order valence-corrected chi connectivity index (χ4v) is 4.92. The van der Waals surface area contributed by atoms with Crippen molar-refractivity contribution in [2.24, 2.45) is 23.5 Å². The normalized spacial score (nSPS) is 34.7. The van der Waals surface area contributed by atoms with Crippen molar-refractivity contribution in [2.75, 3.05) is 6.54 Å². The predicted molar refractivity (Wildman–Crippen MR) is 76.3 cm³/mol. The van der Waals surface area contributed by atoms with Crippen LogP contribution in [0.2, 0.25) is 0 Å². The zero-order valence-corrected chi connectivity index (χ0v) is 12.6. The summed E-state index contributed by atoms with van der Waals surface area (Å²) in [5, 5.41) is 29.1. The van der Waals surface area contributed by atoms with Crippen LogP contribution in [0.25, 0.3) is 0 Å². The summed E-state index contributed by atoms with van der Waals surface area (Å²) in [6.45, 7) is -0.357. The van der Waals surface area contributed by atoms with Crippen molar-refractivity contribution in [3.8, 4) is 0 Å². The van der Waals surface area contributed by atoms with E-state index in [1.807, 2.05) is 0 Å². The fourth-order valence-electron chi connectivity index (χ4n) is 3.57. The zero-order valence-electron chi connectivity index (χ0n) is 11.8. The van der Waals surface area contributed by atoms with Crippen LogP contribution in [0.1, 0.15) is 6.42 Å². The van der Waals surface area contributed by atoms with Crippen LogP contribution in [-0.2, 0) is 14.4 Å². The lowest BCUT2D eigenvalue weighted by molar-refractivity contribution is -0.149. The summed E-state index contributed by atoms with van der Waals surface area (Å²) in [5.74, 6) is -4.73. The highest BCUT2D eigenvalue weighted by Gasteiger charge is 2.75. The number of thioether (sulfide) groups is 1. The number of nitrogens with one attached hydrogen (secondary N) is 2. The summed E-state index contributed by atoms with van der Waals surface area (Å²) in [5.41, 5.74) is 3.65. The van der Waals surface area contributed by atoms with Crippen molar-refractivity contribution >= 4 is 29.6 Å². The molecule has 2 aliphatic carbocycles. The molecule has 0 saturated heterocycles. The molecule has 2 saturated carbocycles. The number of aromatic amines is 1. The molecule has 0 spiro atoms. The molecule has 11 heteroatoms. The smallest absolute Gasteiger partial charge is 0.329 e. The maximum absolute atomic E-state index is 11.8. The number of carbonyl (C=O) groups is 3. The van der Waals surface area contributed by atoms with Crippen molar-refractivity contribution in [1.82, 2.24) is 20.5 Å². The van der Waals surface area contributed by atoms with Gasteiger partial charge in [-0.05, 0) is 12.3 Å². The Kier molecular flexibility index (Phi) is 3.76. The largest absolute Gasteiger partial charge is 0.481 e. The van der Waals surface area contributed by atoms with Gasteiger partial charge in [0.15, 0.2) is 5.16 Å². The lowest BCUT2D eigenvalue weighted by atomic mass is 9.90. The summed E-state index contributed by atoms with van der Waals surface area (Å²) in [6.07, 6.45) is 1.50. The first-order valence-electron chi connectivity index (χ1n) is 6.90. The van der Waals surface area contributed by atoms with E-state index in [-0.39, 0.29) is 24.1 Å². The average molecular weight is 341 g/mol. The van der Waals surface area contributed by atoms with E-state index in [4.69, 9.17) is 5.73 Å². The Morgan fingerprint density at radius 3 is 2.74 bits per heavy atom. The Bertz CT molecular complexity index is 652. The Hall–Kier alpha value is -2.14. The zero-order chi connectivity index (χ0) is 16.8. The molecule has 2 aliphatic rings. The van der Waals surface area contributed by atoms with Gasteiger partial charge in [-0.25, -0.2) is 4.79 Å². The lowest BCUT2D eigenvalue weighted by Gasteiger charge is -2.29. The van der Waals surface area contributed by atoms with E-state index in [2.05, 4.69) is 20.5 Å². The molecule has 124 valence electrons. The number of carboxylic acid groups (broad SMARTS) is 2. The van der Waals surface area contributed by atoms with Crippen LogP contribution >= 0.6 is 11.8 Å². The van der Waals surface area contributed by atoms with E-state index in [0.717, 1.165) is 0 Å². The third-order valence-corrected chi connectivity index (χ3v) is 5.68. The number of rotatable bonds is 6. The highest BCUT2D eigenvalue weighted by Crippen LogP contribution is 2.65. The van der Waals surface area contributed by atoms with Gasteiger partial charge >= 0.3 is 11.9 Å². The Morgan fingerprint density at radius 2 is 2.22 bits per heavy atom. The summed E-state index contributed by atoms with van der Waals surface area (Å²) >= 11 is 1.24. The van der Waals surface area contributed by atoms with E-state index >= 15 is 0 Å². The highest BCUT2D eigenvalue weighted by molar-refractivity contribution is 7.99. The van der Waals surface area contributed by atoms with Crippen LogP contribution in [0.5, 0.6) is 0 Å². The number of nitrogens with zero attached hydrogens (tertiary/aromatic N) is 2. The standard InChI is InChI=1S/C12H15N5O5S/c13-2-5(18)16-12(10(21)22)1-4(23-11-14-3-15-17-11)6-7(8(6)12)9(19)20/h3-4,6-8H,1-2,13H2,(H,16,18)(H,19,20)(H,21,22)(H,14,15,17)/t4?,6?,7?,8-,12?/m0/s1. The van der Waals surface area contributed by atoms with Gasteiger partial charge in [0.05, 0.1) is 12.5 Å². The summed E-state index contributed by atoms with van der Waals surface area (Å²) in [4.78, 5) is 37.7. The summed E-state index contributed by atoms with van der Waals surface area (Å²) < 4.78 is 0. The van der Waals surface area contributed by atoms with Crippen LogP contribution in [0.3, 0.4) is 0 Å². The predicted octanol–water partition coefficient (Wildman–Crippen LogP) is -1.49. The first-order valence-corrected chi connectivity index (χ1v) is 7.78. The molecular weight excluding hydrogens is 326 g/mol. The van der Waals surface area contributed by atoms with Gasteiger partial charge in [0.25, 0.3) is 0 Å². The SMILES string of the molecule is NCC(=O)NC1(C(=O)O)CC(Sc2nnc[nH]2)C2C(C(=O)O)[C@H]21. The van der Waals surface area contributed by atoms with Crippen LogP contribution in [0, 0.1) is 17.8 Å². The number of aliphatic carboxylic acids is 2. The number of hydrogen-bond acceptors (Lipinski definition) is 7. The molecule has 10 nitrogen and oxygen atoms in total. The molecule has 1 aromatic heterocycles. The van der Waals surface area contributed by atoms with E-state index in [9.17, 15) is 24.6 Å². The molecule has 0 radical (unpaired) electrons. The van der Waals surface area contributed by atoms with Gasteiger partial charge in [-0.2, -0.15) is 0 Å². The molecule has 3 rings (SSSR count). The second-order valence-corrected chi connectivity index (χ2v) is 6.88. The maximum Gasteiger partial charge on any atom is 0.329 e. The van der Waals surface area contributed by atoms with Gasteiger partial charge in [0, 0.05) is 11.2 Å². The van der Waals surface area contributed by atoms with Gasteiger partial charge < -0.3 is 26.2 Å². The first-order chi connectivity index (χ1) is 10.9. The maximum atomic E-state index is 11.8. The van der Waals surface area contributed by atoms with Crippen LogP contribution < -0.4 is 11.1 Å². The second kappa shape index (κ2) is 5.49. The number of aromatic nitrogens is 3. The Labute approximate surface area is 134 Å². The quantitative estimate of drug-likeness (QED) is 0.413. The molecule has 0 bridgehead atoms. The topological polar surface area (TPSA) is 171 Å². The van der Waals surface area contributed by atoms with Crippen LogP contribution in [0.4, 0.5) is 0 Å². The number of carbonyl (C=O) groups excluding carboxylic acids is 1. The van der Waals surface area contributed by atoms with E-state index in [0.29, 0.717) is 5.16 Å². The molecule has 0 aromatic carbocycles. The van der Waals surface area contributed by atoms with Crippen molar-refractivity contribution in [3.63, 3.8) is 0 Å². The molecule has 6 N–H and O–H groups in total. The van der Waals surface area contributed by atoms with Crippen molar-refractivity contribution in [2.45, 2.75) is 22.4 Å². The first kappa shape index (κ1) is 15.7. The third-order valence-electron chi connectivity index (χ3n) is 4.47. The number of H-pyrrole nitrogens is 1. The minimum Gasteiger partial charge on any atom is -0.481 e. The number of nitrogens with two attached hydrogens (primary N) is 1. The van der Waals surface area contributed by atoms with Crippen LogP contribution in [-0.4, -0.2) is 60.6 Å². The van der Waals surface area contributed by atoms with Gasteiger partial charge in [-0.1, -0.05) is 11.8 Å². The minimum absolute atomic E-state index is 0.110. The molecule has 23 heavy (non-hydrogen) atoms. The summed E-state index contributed by atoms with van der Waals surface area (Å²) in [7, 11) is 0. The second-order valence-electron chi connectivity index (χ2n) is 5.65. The van der Waals surface area contributed by atoms with Crippen LogP contribution in [0.15, 0.2) is 11.5 Å². The molecule has 1 aromatic rings. The van der Waals surface area contributed by atoms with E-state index in [1.165, 1.54) is 18.1 Å². The van der Waals surface area contributed by atoms with E-state index in [1.54, 1.807) is 0 Å². The molecule has 4 unspecified atom stereocenters.